The van der Waals surface area contributed by atoms with Crippen LogP contribution in [0.5, 0.6) is 0 Å². The first kappa shape index (κ1) is 5.68. The molecule has 2 rings (SSSR count). The molecule has 0 bridgehead atoms. The third-order valence-electron chi connectivity index (χ3n) is 1.26. The van der Waals surface area contributed by atoms with Gasteiger partial charge in [-0.05, 0) is 12.1 Å². The van der Waals surface area contributed by atoms with Crippen molar-refractivity contribution in [1.29, 1.82) is 0 Å². The Labute approximate surface area is 62.3 Å². The predicted molar refractivity (Wildman–Crippen MR) is 38.0 cm³/mol. The molecule has 0 aliphatic carbocycles. The molecule has 0 N–H and O–H groups in total. The maximum absolute atomic E-state index is 5.78. The Kier molecular flexibility index (Phi) is 1.11. The van der Waals surface area contributed by atoms with Crippen molar-refractivity contribution in [1.82, 2.24) is 14.6 Å². The molecule has 2 heterocycles. The van der Waals surface area contributed by atoms with Crippen LogP contribution in [0.4, 0.5) is 0 Å². The van der Waals surface area contributed by atoms with Gasteiger partial charge in [0.05, 0.1) is 5.02 Å². The Balaban J connectivity index is 2.95. The number of hydrogen-bond acceptors (Lipinski definition) is 2. The van der Waals surface area contributed by atoms with Crippen molar-refractivity contribution in [3.63, 3.8) is 0 Å². The second-order valence-corrected chi connectivity index (χ2v) is 2.29. The SMILES string of the molecule is Clc1cccn2ncnc12. The zero-order valence-corrected chi connectivity index (χ0v) is 5.78. The van der Waals surface area contributed by atoms with Gasteiger partial charge in [-0.3, -0.25) is 0 Å². The summed E-state index contributed by atoms with van der Waals surface area (Å²) in [5.41, 5.74) is 0.698. The predicted octanol–water partition coefficient (Wildman–Crippen LogP) is 1.38. The van der Waals surface area contributed by atoms with Crippen LogP contribution >= 0.6 is 11.6 Å². The number of rotatable bonds is 0. The fourth-order valence-corrected chi connectivity index (χ4v) is 1.02. The molecule has 0 saturated heterocycles. The number of pyridine rings is 1. The quantitative estimate of drug-likeness (QED) is 0.573. The molecular formula is C6H4ClN3. The average Bonchev–Trinajstić information content (AvgIpc) is 2.36. The molecule has 10 heavy (non-hydrogen) atoms. The van der Waals surface area contributed by atoms with Crippen molar-refractivity contribution in [2.75, 3.05) is 0 Å². The first-order chi connectivity index (χ1) is 4.88. The molecule has 4 heteroatoms. The average molecular weight is 154 g/mol. The first-order valence-electron chi connectivity index (χ1n) is 2.82. The summed E-state index contributed by atoms with van der Waals surface area (Å²) in [5, 5.41) is 4.53. The number of aromatic nitrogens is 3. The molecule has 2 aromatic heterocycles. The molecule has 3 nitrogen and oxygen atoms in total. The summed E-state index contributed by atoms with van der Waals surface area (Å²) in [5.74, 6) is 0. The van der Waals surface area contributed by atoms with Crippen LogP contribution < -0.4 is 0 Å². The van der Waals surface area contributed by atoms with Crippen LogP contribution in [-0.4, -0.2) is 14.6 Å². The Morgan fingerprint density at radius 2 is 2.40 bits per heavy atom. The van der Waals surface area contributed by atoms with Gasteiger partial charge in [-0.25, -0.2) is 9.50 Å². The van der Waals surface area contributed by atoms with Gasteiger partial charge in [0, 0.05) is 6.20 Å². The van der Waals surface area contributed by atoms with Crippen molar-refractivity contribution < 1.29 is 0 Å². The molecule has 0 aromatic carbocycles. The lowest BCUT2D eigenvalue weighted by Crippen LogP contribution is -1.84. The highest BCUT2D eigenvalue weighted by molar-refractivity contribution is 6.33. The lowest BCUT2D eigenvalue weighted by atomic mass is 10.5. The Bertz CT molecular complexity index is 355. The van der Waals surface area contributed by atoms with Crippen LogP contribution in [0.1, 0.15) is 0 Å². The van der Waals surface area contributed by atoms with Crippen LogP contribution in [-0.2, 0) is 0 Å². The van der Waals surface area contributed by atoms with Crippen LogP contribution in [0.15, 0.2) is 24.7 Å². The summed E-state index contributed by atoms with van der Waals surface area (Å²) in [4.78, 5) is 3.94. The molecule has 0 spiro atoms. The van der Waals surface area contributed by atoms with Gasteiger partial charge in [0.15, 0.2) is 5.65 Å². The summed E-state index contributed by atoms with van der Waals surface area (Å²) in [6, 6.07) is 3.61. The van der Waals surface area contributed by atoms with Gasteiger partial charge in [0.25, 0.3) is 0 Å². The second kappa shape index (κ2) is 1.95. The lowest BCUT2D eigenvalue weighted by Gasteiger charge is -1.90. The van der Waals surface area contributed by atoms with E-state index in [-0.39, 0.29) is 0 Å². The van der Waals surface area contributed by atoms with Gasteiger partial charge in [0.2, 0.25) is 0 Å². The van der Waals surface area contributed by atoms with Crippen molar-refractivity contribution in [3.05, 3.63) is 29.7 Å². The van der Waals surface area contributed by atoms with E-state index < -0.39 is 0 Å². The molecule has 0 amide bonds. The van der Waals surface area contributed by atoms with E-state index in [0.717, 1.165) is 0 Å². The second-order valence-electron chi connectivity index (χ2n) is 1.88. The third kappa shape index (κ3) is 0.675. The summed E-state index contributed by atoms with van der Waals surface area (Å²) in [7, 11) is 0. The zero-order valence-electron chi connectivity index (χ0n) is 5.03. The van der Waals surface area contributed by atoms with E-state index in [1.807, 2.05) is 6.07 Å². The Morgan fingerprint density at radius 3 is 3.20 bits per heavy atom. The topological polar surface area (TPSA) is 30.2 Å². The van der Waals surface area contributed by atoms with Gasteiger partial charge in [-0.15, -0.1) is 0 Å². The number of hydrogen-bond donors (Lipinski definition) is 0. The van der Waals surface area contributed by atoms with E-state index in [0.29, 0.717) is 10.7 Å². The van der Waals surface area contributed by atoms with E-state index in [1.54, 1.807) is 16.8 Å². The van der Waals surface area contributed by atoms with Crippen LogP contribution in [0.25, 0.3) is 5.65 Å². The first-order valence-corrected chi connectivity index (χ1v) is 3.19. The highest BCUT2D eigenvalue weighted by atomic mass is 35.5. The minimum atomic E-state index is 0.625. The highest BCUT2D eigenvalue weighted by Gasteiger charge is 1.96. The van der Waals surface area contributed by atoms with Crippen molar-refractivity contribution in [2.24, 2.45) is 0 Å². The molecular weight excluding hydrogens is 150 g/mol. The van der Waals surface area contributed by atoms with E-state index in [1.165, 1.54) is 6.33 Å². The number of halogens is 1. The van der Waals surface area contributed by atoms with Crippen LogP contribution in [0.2, 0.25) is 5.02 Å². The number of fused-ring (bicyclic) bond motifs is 1. The highest BCUT2D eigenvalue weighted by Crippen LogP contribution is 2.11. The standard InChI is InChI=1S/C6H4ClN3/c7-5-2-1-3-10-6(5)8-4-9-10/h1-4H. The molecule has 0 radical (unpaired) electrons. The van der Waals surface area contributed by atoms with Gasteiger partial charge in [0.1, 0.15) is 6.33 Å². The van der Waals surface area contributed by atoms with Crippen molar-refractivity contribution in [2.45, 2.75) is 0 Å². The monoisotopic (exact) mass is 153 g/mol. The van der Waals surface area contributed by atoms with Gasteiger partial charge >= 0.3 is 0 Å². The van der Waals surface area contributed by atoms with Gasteiger partial charge in [-0.2, -0.15) is 5.10 Å². The van der Waals surface area contributed by atoms with E-state index in [2.05, 4.69) is 10.1 Å². The fourth-order valence-electron chi connectivity index (χ4n) is 0.814. The normalized spacial score (nSPS) is 10.5. The summed E-state index contributed by atoms with van der Waals surface area (Å²) in [6.07, 6.45) is 3.27. The number of nitrogens with zero attached hydrogens (tertiary/aromatic N) is 3. The molecule has 0 atom stereocenters. The van der Waals surface area contributed by atoms with Crippen LogP contribution in [0.3, 0.4) is 0 Å². The van der Waals surface area contributed by atoms with E-state index >= 15 is 0 Å². The lowest BCUT2D eigenvalue weighted by molar-refractivity contribution is 0.961. The Hall–Kier alpha value is -1.09. The molecule has 0 aliphatic rings. The van der Waals surface area contributed by atoms with E-state index in [4.69, 9.17) is 11.6 Å². The third-order valence-corrected chi connectivity index (χ3v) is 1.55. The van der Waals surface area contributed by atoms with E-state index in [9.17, 15) is 0 Å². The zero-order chi connectivity index (χ0) is 6.97. The Morgan fingerprint density at radius 1 is 1.50 bits per heavy atom. The maximum Gasteiger partial charge on any atom is 0.173 e. The van der Waals surface area contributed by atoms with Crippen LogP contribution in [0, 0.1) is 0 Å². The minimum absolute atomic E-state index is 0.625. The minimum Gasteiger partial charge on any atom is -0.220 e. The summed E-state index contributed by atoms with van der Waals surface area (Å²) in [6.45, 7) is 0. The molecule has 0 unspecified atom stereocenters. The summed E-state index contributed by atoms with van der Waals surface area (Å²) >= 11 is 5.78. The molecule has 50 valence electrons. The van der Waals surface area contributed by atoms with Crippen molar-refractivity contribution in [3.8, 4) is 0 Å². The molecule has 0 aliphatic heterocycles. The molecule has 0 fully saturated rings. The van der Waals surface area contributed by atoms with Gasteiger partial charge in [-0.1, -0.05) is 11.6 Å². The maximum atomic E-state index is 5.78. The fraction of sp³-hybridized carbons (Fsp3) is 0. The molecule has 2 aromatic rings. The largest absolute Gasteiger partial charge is 0.220 e. The summed E-state index contributed by atoms with van der Waals surface area (Å²) < 4.78 is 1.63. The molecule has 0 saturated carbocycles. The smallest absolute Gasteiger partial charge is 0.173 e. The van der Waals surface area contributed by atoms with Crippen molar-refractivity contribution >= 4 is 17.2 Å². The van der Waals surface area contributed by atoms with Gasteiger partial charge < -0.3 is 0 Å².